The van der Waals surface area contributed by atoms with Crippen LogP contribution in [0.15, 0.2) is 48.1 Å². The first-order chi connectivity index (χ1) is 10.2. The van der Waals surface area contributed by atoms with Crippen molar-refractivity contribution in [2.24, 2.45) is 5.92 Å². The highest BCUT2D eigenvalue weighted by Gasteiger charge is 2.29. The summed E-state index contributed by atoms with van der Waals surface area (Å²) in [6.45, 7) is 2.15. The second-order valence-corrected chi connectivity index (χ2v) is 6.13. The van der Waals surface area contributed by atoms with Crippen molar-refractivity contribution in [1.82, 2.24) is 0 Å². The van der Waals surface area contributed by atoms with Gasteiger partial charge in [0.1, 0.15) is 0 Å². The largest absolute Gasteiger partial charge is 0.466 e. The van der Waals surface area contributed by atoms with Gasteiger partial charge in [0.15, 0.2) is 0 Å². The van der Waals surface area contributed by atoms with Crippen molar-refractivity contribution in [2.45, 2.75) is 38.0 Å². The topological polar surface area (TPSA) is 26.3 Å². The first kappa shape index (κ1) is 14.1. The van der Waals surface area contributed by atoms with Gasteiger partial charge in [-0.25, -0.2) is 4.79 Å². The van der Waals surface area contributed by atoms with Gasteiger partial charge in [-0.3, -0.25) is 0 Å². The van der Waals surface area contributed by atoms with Gasteiger partial charge in [-0.2, -0.15) is 0 Å². The van der Waals surface area contributed by atoms with E-state index >= 15 is 0 Å². The summed E-state index contributed by atoms with van der Waals surface area (Å²) in [6, 6.07) is 8.84. The lowest BCUT2D eigenvalue weighted by Crippen LogP contribution is -2.20. The quantitative estimate of drug-likeness (QED) is 0.771. The highest BCUT2D eigenvalue weighted by Crippen LogP contribution is 2.39. The monoisotopic (exact) mass is 282 g/mol. The van der Waals surface area contributed by atoms with Gasteiger partial charge in [-0.1, -0.05) is 55.8 Å². The van der Waals surface area contributed by atoms with Crippen molar-refractivity contribution in [3.8, 4) is 0 Å². The number of rotatable bonds is 3. The van der Waals surface area contributed by atoms with Crippen molar-refractivity contribution < 1.29 is 9.53 Å². The lowest BCUT2D eigenvalue weighted by Gasteiger charge is -2.28. The zero-order valence-electron chi connectivity index (χ0n) is 12.7. The molecule has 1 aromatic rings. The first-order valence-electron chi connectivity index (χ1n) is 7.77. The minimum atomic E-state index is -0.223. The van der Waals surface area contributed by atoms with Gasteiger partial charge in [0, 0.05) is 11.5 Å². The summed E-state index contributed by atoms with van der Waals surface area (Å²) in [5.74, 6) is 0.925. The molecule has 0 radical (unpaired) electrons. The maximum Gasteiger partial charge on any atom is 0.334 e. The molecule has 0 N–H and O–H groups in total. The minimum Gasteiger partial charge on any atom is -0.466 e. The van der Waals surface area contributed by atoms with E-state index in [1.165, 1.54) is 37.5 Å². The molecule has 1 saturated carbocycles. The van der Waals surface area contributed by atoms with Gasteiger partial charge in [0.05, 0.1) is 7.11 Å². The molecular weight excluding hydrogens is 260 g/mol. The first-order valence-corrected chi connectivity index (χ1v) is 7.77. The molecule has 2 unspecified atom stereocenters. The predicted molar refractivity (Wildman–Crippen MR) is 84.2 cm³/mol. The van der Waals surface area contributed by atoms with Gasteiger partial charge in [-0.15, -0.1) is 0 Å². The molecule has 2 nitrogen and oxygen atoms in total. The Morgan fingerprint density at radius 3 is 2.38 bits per heavy atom. The predicted octanol–water partition coefficient (Wildman–Crippen LogP) is 4.34. The van der Waals surface area contributed by atoms with Crippen LogP contribution in [0.2, 0.25) is 0 Å². The molecule has 3 rings (SSSR count). The van der Waals surface area contributed by atoms with E-state index in [0.717, 1.165) is 11.5 Å². The van der Waals surface area contributed by atoms with Gasteiger partial charge < -0.3 is 4.74 Å². The summed E-state index contributed by atoms with van der Waals surface area (Å²) >= 11 is 0. The van der Waals surface area contributed by atoms with Crippen molar-refractivity contribution in [1.29, 1.82) is 0 Å². The molecule has 1 aromatic carbocycles. The highest BCUT2D eigenvalue weighted by atomic mass is 16.5. The van der Waals surface area contributed by atoms with Crippen LogP contribution in [0.5, 0.6) is 0 Å². The van der Waals surface area contributed by atoms with Gasteiger partial charge >= 0.3 is 5.97 Å². The summed E-state index contributed by atoms with van der Waals surface area (Å²) in [6.07, 6.45) is 9.97. The molecule has 0 aliphatic heterocycles. The van der Waals surface area contributed by atoms with Crippen molar-refractivity contribution >= 4 is 5.97 Å². The lowest BCUT2D eigenvalue weighted by molar-refractivity contribution is -0.136. The van der Waals surface area contributed by atoms with Crippen LogP contribution >= 0.6 is 0 Å². The molecular formula is C19H22O2. The van der Waals surface area contributed by atoms with Crippen molar-refractivity contribution in [3.63, 3.8) is 0 Å². The Labute approximate surface area is 126 Å². The Hall–Kier alpha value is -1.83. The highest BCUT2D eigenvalue weighted by molar-refractivity contribution is 5.91. The summed E-state index contributed by atoms with van der Waals surface area (Å²) in [7, 11) is 1.45. The smallest absolute Gasteiger partial charge is 0.334 e. The zero-order valence-corrected chi connectivity index (χ0v) is 12.7. The van der Waals surface area contributed by atoms with Crippen LogP contribution in [-0.2, 0) is 9.53 Å². The van der Waals surface area contributed by atoms with Crippen LogP contribution in [0.4, 0.5) is 0 Å². The number of allylic oxidation sites excluding steroid dienone is 3. The molecule has 21 heavy (non-hydrogen) atoms. The molecule has 0 spiro atoms. The average molecular weight is 282 g/mol. The Kier molecular flexibility index (Phi) is 3.96. The Bertz CT molecular complexity index is 576. The van der Waals surface area contributed by atoms with Crippen LogP contribution in [0.3, 0.4) is 0 Å². The van der Waals surface area contributed by atoms with E-state index in [1.54, 1.807) is 0 Å². The summed E-state index contributed by atoms with van der Waals surface area (Å²) < 4.78 is 4.94. The standard InChI is InChI=1S/C19H22O2/c1-13-5-3-8-17(19(20)21-2)18(13)16-11-9-15(10-12-16)14-6-4-7-14/h3,5,8-14,18H,4,6-7H2,1-2H3. The number of carbonyl (C=O) groups is 1. The number of esters is 1. The Balaban J connectivity index is 1.87. The average Bonchev–Trinajstić information content (AvgIpc) is 2.45. The fourth-order valence-electron chi connectivity index (χ4n) is 3.35. The third-order valence-electron chi connectivity index (χ3n) is 4.84. The number of benzene rings is 1. The third kappa shape index (κ3) is 2.67. The molecule has 2 aliphatic rings. The molecule has 0 bridgehead atoms. The maximum absolute atomic E-state index is 12.0. The molecule has 0 amide bonds. The summed E-state index contributed by atoms with van der Waals surface area (Å²) in [4.78, 5) is 12.0. The number of hydrogen-bond donors (Lipinski definition) is 0. The number of methoxy groups -OCH3 is 1. The van der Waals surface area contributed by atoms with E-state index in [2.05, 4.69) is 37.3 Å². The van der Waals surface area contributed by atoms with Gasteiger partial charge in [-0.05, 0) is 35.8 Å². The van der Waals surface area contributed by atoms with E-state index in [4.69, 9.17) is 4.74 Å². The number of ether oxygens (including phenoxy) is 1. The zero-order chi connectivity index (χ0) is 14.8. The molecule has 2 aliphatic carbocycles. The molecule has 2 atom stereocenters. The Morgan fingerprint density at radius 2 is 1.81 bits per heavy atom. The van der Waals surface area contributed by atoms with Crippen molar-refractivity contribution in [3.05, 3.63) is 59.2 Å². The second kappa shape index (κ2) is 5.88. The normalized spacial score (nSPS) is 25.1. The fraction of sp³-hybridized carbons (Fsp3) is 0.421. The molecule has 0 aromatic heterocycles. The molecule has 0 heterocycles. The van der Waals surface area contributed by atoms with E-state index in [0.29, 0.717) is 5.92 Å². The van der Waals surface area contributed by atoms with Crippen LogP contribution < -0.4 is 0 Å². The van der Waals surface area contributed by atoms with Crippen LogP contribution in [-0.4, -0.2) is 13.1 Å². The number of hydrogen-bond acceptors (Lipinski definition) is 2. The van der Waals surface area contributed by atoms with E-state index in [1.807, 2.05) is 12.2 Å². The third-order valence-corrected chi connectivity index (χ3v) is 4.84. The van der Waals surface area contributed by atoms with Crippen LogP contribution in [0.1, 0.15) is 49.1 Å². The lowest BCUT2D eigenvalue weighted by atomic mass is 9.76. The Morgan fingerprint density at radius 1 is 1.14 bits per heavy atom. The van der Waals surface area contributed by atoms with Crippen LogP contribution in [0, 0.1) is 5.92 Å². The number of carbonyl (C=O) groups excluding carboxylic acids is 1. The molecule has 0 saturated heterocycles. The molecule has 2 heteroatoms. The summed E-state index contributed by atoms with van der Waals surface area (Å²) in [5, 5.41) is 0. The van der Waals surface area contributed by atoms with Crippen LogP contribution in [0.25, 0.3) is 0 Å². The SMILES string of the molecule is COC(=O)C1=CC=CC(C)C1c1ccc(C2CCC2)cc1. The van der Waals surface area contributed by atoms with E-state index < -0.39 is 0 Å². The van der Waals surface area contributed by atoms with E-state index in [9.17, 15) is 4.79 Å². The minimum absolute atomic E-state index is 0.0953. The van der Waals surface area contributed by atoms with Gasteiger partial charge in [0.25, 0.3) is 0 Å². The second-order valence-electron chi connectivity index (χ2n) is 6.13. The maximum atomic E-state index is 12.0. The fourth-order valence-corrected chi connectivity index (χ4v) is 3.35. The van der Waals surface area contributed by atoms with Gasteiger partial charge in [0.2, 0.25) is 0 Å². The van der Waals surface area contributed by atoms with E-state index in [-0.39, 0.29) is 11.9 Å². The molecule has 110 valence electrons. The molecule has 1 fully saturated rings. The van der Waals surface area contributed by atoms with Crippen molar-refractivity contribution in [2.75, 3.05) is 7.11 Å². The summed E-state index contributed by atoms with van der Waals surface area (Å²) in [5.41, 5.74) is 3.39.